The lowest BCUT2D eigenvalue weighted by atomic mass is 9.97. The number of fused-ring (bicyclic) bond motifs is 1. The Labute approximate surface area is 166 Å². The molecule has 0 saturated heterocycles. The summed E-state index contributed by atoms with van der Waals surface area (Å²) in [5, 5.41) is 9.86. The summed E-state index contributed by atoms with van der Waals surface area (Å²) in [7, 11) is 0. The second kappa shape index (κ2) is 7.90. The van der Waals surface area contributed by atoms with Gasteiger partial charge in [0.05, 0.1) is 5.69 Å². The summed E-state index contributed by atoms with van der Waals surface area (Å²) < 4.78 is 13.8. The van der Waals surface area contributed by atoms with Crippen molar-refractivity contribution < 1.29 is 4.39 Å². The highest BCUT2D eigenvalue weighted by Gasteiger charge is 2.19. The molecule has 1 atom stereocenters. The fourth-order valence-electron chi connectivity index (χ4n) is 3.16. The molecule has 2 aromatic carbocycles. The summed E-state index contributed by atoms with van der Waals surface area (Å²) in [6.07, 6.45) is 2.06. The van der Waals surface area contributed by atoms with Gasteiger partial charge in [0.15, 0.2) is 5.11 Å². The topological polar surface area (TPSA) is 39.8 Å². The molecule has 136 valence electrons. The molecule has 2 aromatic heterocycles. The lowest BCUT2D eigenvalue weighted by Gasteiger charge is -2.18. The molecule has 3 N–H and O–H groups in total. The summed E-state index contributed by atoms with van der Waals surface area (Å²) in [6, 6.07) is 18.9. The number of anilines is 1. The zero-order chi connectivity index (χ0) is 18.6. The van der Waals surface area contributed by atoms with E-state index in [2.05, 4.69) is 51.5 Å². The molecule has 4 rings (SSSR count). The second-order valence-electron chi connectivity index (χ2n) is 6.17. The predicted octanol–water partition coefficient (Wildman–Crippen LogP) is 5.49. The monoisotopic (exact) mass is 395 g/mol. The third kappa shape index (κ3) is 3.86. The number of rotatable bonds is 5. The van der Waals surface area contributed by atoms with Crippen molar-refractivity contribution in [1.82, 2.24) is 10.3 Å². The van der Waals surface area contributed by atoms with Crippen LogP contribution >= 0.6 is 23.6 Å². The van der Waals surface area contributed by atoms with Crippen LogP contribution in [0, 0.1) is 5.82 Å². The fourth-order valence-corrected chi connectivity index (χ4v) is 4.20. The van der Waals surface area contributed by atoms with Crippen molar-refractivity contribution >= 4 is 45.3 Å². The van der Waals surface area contributed by atoms with E-state index in [0.29, 0.717) is 17.3 Å². The molecule has 0 spiro atoms. The minimum atomic E-state index is -0.326. The van der Waals surface area contributed by atoms with Crippen molar-refractivity contribution in [3.63, 3.8) is 0 Å². The molecular weight excluding hydrogens is 377 g/mol. The SMILES string of the molecule is Fc1ccccc1NC(=S)NC[C@H](c1cccs1)c1c[nH]c2ccccc12. The molecule has 0 aliphatic heterocycles. The average Bonchev–Trinajstić information content (AvgIpc) is 3.35. The van der Waals surface area contributed by atoms with E-state index in [9.17, 15) is 4.39 Å². The Kier molecular flexibility index (Phi) is 5.18. The van der Waals surface area contributed by atoms with Gasteiger partial charge < -0.3 is 15.6 Å². The molecular formula is C21H18FN3S2. The first-order valence-electron chi connectivity index (χ1n) is 8.61. The standard InChI is InChI=1S/C21H18FN3S2/c22-17-7-2-4-9-19(17)25-21(26)24-13-16(20-10-5-11-27-20)15-12-23-18-8-3-1-6-14(15)18/h1-12,16,23H,13H2,(H2,24,25,26)/t16-/m0/s1. The zero-order valence-corrected chi connectivity index (χ0v) is 16.0. The van der Waals surface area contributed by atoms with Gasteiger partial charge in [0, 0.05) is 34.4 Å². The van der Waals surface area contributed by atoms with Gasteiger partial charge in [-0.25, -0.2) is 4.39 Å². The van der Waals surface area contributed by atoms with Gasteiger partial charge in [-0.15, -0.1) is 11.3 Å². The molecule has 0 aliphatic rings. The molecule has 4 aromatic rings. The minimum absolute atomic E-state index is 0.140. The van der Waals surface area contributed by atoms with Crippen LogP contribution in [0.1, 0.15) is 16.4 Å². The normalized spacial score (nSPS) is 12.0. The van der Waals surface area contributed by atoms with Crippen LogP contribution in [0.4, 0.5) is 10.1 Å². The number of H-pyrrole nitrogens is 1. The van der Waals surface area contributed by atoms with E-state index in [0.717, 1.165) is 5.52 Å². The number of benzene rings is 2. The van der Waals surface area contributed by atoms with Crippen LogP contribution in [0.15, 0.2) is 72.2 Å². The van der Waals surface area contributed by atoms with Crippen LogP contribution in [0.3, 0.4) is 0 Å². The van der Waals surface area contributed by atoms with E-state index in [1.807, 2.05) is 12.1 Å². The molecule has 0 saturated carbocycles. The van der Waals surface area contributed by atoms with E-state index in [1.165, 1.54) is 21.9 Å². The van der Waals surface area contributed by atoms with E-state index in [-0.39, 0.29) is 11.7 Å². The number of thiocarbonyl (C=S) groups is 1. The molecule has 0 aliphatic carbocycles. The van der Waals surface area contributed by atoms with Gasteiger partial charge in [0.25, 0.3) is 0 Å². The highest BCUT2D eigenvalue weighted by molar-refractivity contribution is 7.80. The summed E-state index contributed by atoms with van der Waals surface area (Å²) >= 11 is 7.09. The van der Waals surface area contributed by atoms with Gasteiger partial charge in [-0.1, -0.05) is 36.4 Å². The quantitative estimate of drug-likeness (QED) is 0.392. The second-order valence-corrected chi connectivity index (χ2v) is 7.56. The molecule has 3 nitrogen and oxygen atoms in total. The van der Waals surface area contributed by atoms with Crippen LogP contribution in [-0.4, -0.2) is 16.6 Å². The Hall–Kier alpha value is -2.70. The van der Waals surface area contributed by atoms with E-state index >= 15 is 0 Å². The summed E-state index contributed by atoms with van der Waals surface area (Å²) in [6.45, 7) is 0.614. The maximum Gasteiger partial charge on any atom is 0.170 e. The van der Waals surface area contributed by atoms with Gasteiger partial charge in [0.2, 0.25) is 0 Å². The highest BCUT2D eigenvalue weighted by atomic mass is 32.1. The molecule has 6 heteroatoms. The van der Waals surface area contributed by atoms with E-state index in [4.69, 9.17) is 12.2 Å². The molecule has 0 bridgehead atoms. The van der Waals surface area contributed by atoms with Crippen LogP contribution in [0.2, 0.25) is 0 Å². The molecule has 0 radical (unpaired) electrons. The predicted molar refractivity (Wildman–Crippen MR) is 115 cm³/mol. The zero-order valence-electron chi connectivity index (χ0n) is 14.4. The maximum atomic E-state index is 13.8. The highest BCUT2D eigenvalue weighted by Crippen LogP contribution is 2.32. The number of aromatic nitrogens is 1. The Bertz CT molecular complexity index is 1060. The van der Waals surface area contributed by atoms with Crippen LogP contribution in [-0.2, 0) is 0 Å². The Morgan fingerprint density at radius 2 is 1.89 bits per heavy atom. The van der Waals surface area contributed by atoms with Crippen molar-refractivity contribution in [2.24, 2.45) is 0 Å². The lowest BCUT2D eigenvalue weighted by Crippen LogP contribution is -2.32. The minimum Gasteiger partial charge on any atom is -0.361 e. The van der Waals surface area contributed by atoms with Gasteiger partial charge >= 0.3 is 0 Å². The first-order chi connectivity index (χ1) is 13.2. The van der Waals surface area contributed by atoms with Crippen LogP contribution in [0.25, 0.3) is 10.9 Å². The first-order valence-corrected chi connectivity index (χ1v) is 9.90. The van der Waals surface area contributed by atoms with Gasteiger partial charge in [-0.3, -0.25) is 0 Å². The Morgan fingerprint density at radius 1 is 1.07 bits per heavy atom. The largest absolute Gasteiger partial charge is 0.361 e. The van der Waals surface area contributed by atoms with Crippen molar-refractivity contribution in [2.75, 3.05) is 11.9 Å². The Balaban J connectivity index is 1.54. The number of nitrogens with one attached hydrogen (secondary N) is 3. The van der Waals surface area contributed by atoms with E-state index < -0.39 is 0 Å². The van der Waals surface area contributed by atoms with Crippen molar-refractivity contribution in [3.05, 3.63) is 88.5 Å². The maximum absolute atomic E-state index is 13.8. The Morgan fingerprint density at radius 3 is 2.70 bits per heavy atom. The summed E-state index contributed by atoms with van der Waals surface area (Å²) in [4.78, 5) is 4.60. The number of thiophene rings is 1. The van der Waals surface area contributed by atoms with Crippen LogP contribution in [0.5, 0.6) is 0 Å². The fraction of sp³-hybridized carbons (Fsp3) is 0.0952. The smallest absolute Gasteiger partial charge is 0.170 e. The van der Waals surface area contributed by atoms with Crippen molar-refractivity contribution in [1.29, 1.82) is 0 Å². The van der Waals surface area contributed by atoms with E-state index in [1.54, 1.807) is 29.5 Å². The first kappa shape index (κ1) is 17.7. The van der Waals surface area contributed by atoms with Crippen molar-refractivity contribution in [2.45, 2.75) is 5.92 Å². The number of hydrogen-bond donors (Lipinski definition) is 3. The van der Waals surface area contributed by atoms with Crippen LogP contribution < -0.4 is 10.6 Å². The molecule has 0 amide bonds. The number of para-hydroxylation sites is 2. The van der Waals surface area contributed by atoms with Crippen molar-refractivity contribution in [3.8, 4) is 0 Å². The van der Waals surface area contributed by atoms with Gasteiger partial charge in [-0.05, 0) is 47.4 Å². The molecule has 0 unspecified atom stereocenters. The third-order valence-corrected chi connectivity index (χ3v) is 5.70. The summed E-state index contributed by atoms with van der Waals surface area (Å²) in [5.41, 5.74) is 2.70. The number of aromatic amines is 1. The van der Waals surface area contributed by atoms with Gasteiger partial charge in [-0.2, -0.15) is 0 Å². The molecule has 27 heavy (non-hydrogen) atoms. The average molecular weight is 396 g/mol. The third-order valence-electron chi connectivity index (χ3n) is 4.47. The molecule has 2 heterocycles. The number of halogens is 1. The lowest BCUT2D eigenvalue weighted by molar-refractivity contribution is 0.632. The summed E-state index contributed by atoms with van der Waals surface area (Å²) in [5.74, 6) is -0.186. The van der Waals surface area contributed by atoms with Gasteiger partial charge in [0.1, 0.15) is 5.82 Å². The molecule has 0 fully saturated rings. The number of hydrogen-bond acceptors (Lipinski definition) is 2.